The van der Waals surface area contributed by atoms with Crippen molar-refractivity contribution in [1.29, 1.82) is 0 Å². The molecule has 0 amide bonds. The molecule has 2 aromatic heterocycles. The quantitative estimate of drug-likeness (QED) is 0.727. The van der Waals surface area contributed by atoms with Gasteiger partial charge in [-0.05, 0) is 38.8 Å². The Hall–Kier alpha value is -2.14. The van der Waals surface area contributed by atoms with Crippen LogP contribution in [0.3, 0.4) is 0 Å². The van der Waals surface area contributed by atoms with Crippen LogP contribution < -0.4 is 0 Å². The maximum absolute atomic E-state index is 4.76. The molecule has 4 heterocycles. The van der Waals surface area contributed by atoms with Crippen molar-refractivity contribution < 1.29 is 0 Å². The molecule has 2 atom stereocenters. The van der Waals surface area contributed by atoms with E-state index in [0.717, 1.165) is 23.5 Å². The molecule has 0 spiro atoms. The molecule has 24 heavy (non-hydrogen) atoms. The van der Waals surface area contributed by atoms with Crippen molar-refractivity contribution in [2.24, 2.45) is 7.05 Å². The van der Waals surface area contributed by atoms with Crippen molar-refractivity contribution in [3.63, 3.8) is 0 Å². The third-order valence-corrected chi connectivity index (χ3v) is 6.10. The van der Waals surface area contributed by atoms with Crippen LogP contribution in [0, 0.1) is 0 Å². The molecular formula is C19H23N5. The smallest absolute Gasteiger partial charge is 0.139 e. The third kappa shape index (κ3) is 2.04. The molecule has 2 fully saturated rings. The minimum atomic E-state index is 0.521. The van der Waals surface area contributed by atoms with E-state index in [2.05, 4.69) is 44.4 Å². The second-order valence-electron chi connectivity index (χ2n) is 7.40. The molecule has 124 valence electrons. The minimum absolute atomic E-state index is 0.521. The maximum atomic E-state index is 4.76. The Bertz CT molecular complexity index is 878. The van der Waals surface area contributed by atoms with E-state index in [1.54, 1.807) is 0 Å². The van der Waals surface area contributed by atoms with Crippen LogP contribution in [0.5, 0.6) is 0 Å². The summed E-state index contributed by atoms with van der Waals surface area (Å²) in [6.07, 6.45) is 11.0. The first-order valence-electron chi connectivity index (χ1n) is 8.87. The fraction of sp³-hybridized carbons (Fsp3) is 0.474. The summed E-state index contributed by atoms with van der Waals surface area (Å²) >= 11 is 0. The molecule has 3 aromatic rings. The third-order valence-electron chi connectivity index (χ3n) is 6.10. The van der Waals surface area contributed by atoms with E-state index in [4.69, 9.17) is 5.10 Å². The van der Waals surface area contributed by atoms with E-state index >= 15 is 0 Å². The van der Waals surface area contributed by atoms with Gasteiger partial charge in [0, 0.05) is 42.5 Å². The number of aryl methyl sites for hydroxylation is 1. The van der Waals surface area contributed by atoms with Gasteiger partial charge < -0.3 is 9.47 Å². The highest BCUT2D eigenvalue weighted by Gasteiger charge is 2.39. The molecule has 0 saturated carbocycles. The van der Waals surface area contributed by atoms with Crippen LogP contribution in [-0.2, 0) is 7.05 Å². The van der Waals surface area contributed by atoms with Crippen LogP contribution in [0.25, 0.3) is 22.3 Å². The Labute approximate surface area is 141 Å². The average molecular weight is 321 g/mol. The Morgan fingerprint density at radius 1 is 1.04 bits per heavy atom. The van der Waals surface area contributed by atoms with Gasteiger partial charge in [0.25, 0.3) is 0 Å². The number of imidazole rings is 1. The summed E-state index contributed by atoms with van der Waals surface area (Å²) in [5, 5.41) is 5.98. The molecular weight excluding hydrogens is 298 g/mol. The van der Waals surface area contributed by atoms with E-state index < -0.39 is 0 Å². The minimum Gasteiger partial charge on any atom is -0.334 e. The molecule has 2 aliphatic heterocycles. The highest BCUT2D eigenvalue weighted by atomic mass is 15.3. The lowest BCUT2D eigenvalue weighted by atomic mass is 9.98. The van der Waals surface area contributed by atoms with Gasteiger partial charge >= 0.3 is 0 Å². The largest absolute Gasteiger partial charge is 0.334 e. The standard InChI is InChI=1S/C19H23N5/c1-22-8-7-20-19(22)13-3-4-14-12-21-24(18(14)9-13)17-10-15-5-6-16(11-17)23(15)2/h3-4,7-9,12,15-17H,5-6,10-11H2,1-2H3. The van der Waals surface area contributed by atoms with Crippen LogP contribution in [0.15, 0.2) is 36.8 Å². The number of benzene rings is 1. The Balaban J connectivity index is 1.56. The van der Waals surface area contributed by atoms with Gasteiger partial charge in [-0.25, -0.2) is 4.98 Å². The monoisotopic (exact) mass is 321 g/mol. The van der Waals surface area contributed by atoms with Crippen LogP contribution in [0.4, 0.5) is 0 Å². The van der Waals surface area contributed by atoms with Gasteiger partial charge in [0.1, 0.15) is 5.82 Å². The first kappa shape index (κ1) is 14.2. The number of fused-ring (bicyclic) bond motifs is 3. The second kappa shape index (κ2) is 5.18. The van der Waals surface area contributed by atoms with Crippen molar-refractivity contribution in [3.05, 3.63) is 36.8 Å². The molecule has 2 bridgehead atoms. The number of aromatic nitrogens is 4. The predicted molar refractivity (Wildman–Crippen MR) is 94.8 cm³/mol. The predicted octanol–water partition coefficient (Wildman–Crippen LogP) is 3.23. The van der Waals surface area contributed by atoms with E-state index in [-0.39, 0.29) is 0 Å². The molecule has 0 radical (unpaired) electrons. The molecule has 1 aromatic carbocycles. The molecule has 5 rings (SSSR count). The fourth-order valence-electron chi connectivity index (χ4n) is 4.69. The van der Waals surface area contributed by atoms with Crippen LogP contribution in [0.2, 0.25) is 0 Å². The van der Waals surface area contributed by atoms with Gasteiger partial charge in [0.05, 0.1) is 17.8 Å². The van der Waals surface area contributed by atoms with E-state index in [0.29, 0.717) is 6.04 Å². The lowest BCUT2D eigenvalue weighted by molar-refractivity contribution is 0.133. The van der Waals surface area contributed by atoms with Crippen LogP contribution in [0.1, 0.15) is 31.7 Å². The molecule has 2 unspecified atom stereocenters. The fourth-order valence-corrected chi connectivity index (χ4v) is 4.69. The summed E-state index contributed by atoms with van der Waals surface area (Å²) in [6, 6.07) is 8.55. The van der Waals surface area contributed by atoms with Gasteiger partial charge in [-0.15, -0.1) is 0 Å². The van der Waals surface area contributed by atoms with Crippen molar-refractivity contribution in [2.45, 2.75) is 43.8 Å². The topological polar surface area (TPSA) is 38.9 Å². The Morgan fingerprint density at radius 3 is 2.54 bits per heavy atom. The molecule has 0 aliphatic carbocycles. The first-order valence-corrected chi connectivity index (χ1v) is 8.87. The van der Waals surface area contributed by atoms with E-state index in [1.165, 1.54) is 36.6 Å². The summed E-state index contributed by atoms with van der Waals surface area (Å²) in [7, 11) is 4.33. The highest BCUT2D eigenvalue weighted by Crippen LogP contribution is 2.40. The Kier molecular flexibility index (Phi) is 3.07. The summed E-state index contributed by atoms with van der Waals surface area (Å²) in [6.45, 7) is 0. The lowest BCUT2D eigenvalue weighted by Crippen LogP contribution is -2.40. The average Bonchev–Trinajstić information content (AvgIpc) is 3.23. The van der Waals surface area contributed by atoms with Crippen molar-refractivity contribution in [1.82, 2.24) is 24.2 Å². The van der Waals surface area contributed by atoms with Crippen molar-refractivity contribution in [3.8, 4) is 11.4 Å². The van der Waals surface area contributed by atoms with E-state index in [1.807, 2.05) is 25.6 Å². The molecule has 5 heteroatoms. The normalized spacial score (nSPS) is 27.2. The number of rotatable bonds is 2. The van der Waals surface area contributed by atoms with Crippen molar-refractivity contribution >= 4 is 10.9 Å². The Morgan fingerprint density at radius 2 is 1.83 bits per heavy atom. The second-order valence-corrected chi connectivity index (χ2v) is 7.40. The summed E-state index contributed by atoms with van der Waals surface area (Å²) < 4.78 is 4.35. The zero-order valence-electron chi connectivity index (χ0n) is 14.3. The summed E-state index contributed by atoms with van der Waals surface area (Å²) in [4.78, 5) is 7.07. The van der Waals surface area contributed by atoms with Crippen molar-refractivity contribution in [2.75, 3.05) is 7.05 Å². The first-order chi connectivity index (χ1) is 11.7. The molecule has 2 saturated heterocycles. The molecule has 0 N–H and O–H groups in total. The summed E-state index contributed by atoms with van der Waals surface area (Å²) in [5.41, 5.74) is 2.40. The zero-order valence-corrected chi connectivity index (χ0v) is 14.3. The highest BCUT2D eigenvalue weighted by molar-refractivity contribution is 5.83. The van der Waals surface area contributed by atoms with Crippen LogP contribution in [-0.4, -0.2) is 43.4 Å². The van der Waals surface area contributed by atoms with Gasteiger partial charge in [0.15, 0.2) is 0 Å². The lowest BCUT2D eigenvalue weighted by Gasteiger charge is -2.36. The number of hydrogen-bond acceptors (Lipinski definition) is 3. The molecule has 5 nitrogen and oxygen atoms in total. The number of nitrogens with zero attached hydrogens (tertiary/aromatic N) is 5. The zero-order chi connectivity index (χ0) is 16.3. The van der Waals surface area contributed by atoms with Gasteiger partial charge in [0.2, 0.25) is 0 Å². The summed E-state index contributed by atoms with van der Waals surface area (Å²) in [5.74, 6) is 1.01. The molecule has 2 aliphatic rings. The van der Waals surface area contributed by atoms with E-state index in [9.17, 15) is 0 Å². The van der Waals surface area contributed by atoms with Gasteiger partial charge in [-0.3, -0.25) is 4.68 Å². The number of hydrogen-bond donors (Lipinski definition) is 0. The maximum Gasteiger partial charge on any atom is 0.139 e. The number of piperidine rings is 1. The van der Waals surface area contributed by atoms with Gasteiger partial charge in [-0.1, -0.05) is 12.1 Å². The van der Waals surface area contributed by atoms with Crippen LogP contribution >= 0.6 is 0 Å². The SMILES string of the molecule is CN1C2CCC1CC(n1ncc3ccc(-c4nccn4C)cc31)C2. The van der Waals surface area contributed by atoms with Gasteiger partial charge in [-0.2, -0.15) is 5.10 Å².